The lowest BCUT2D eigenvalue weighted by atomic mass is 10.4. The van der Waals surface area contributed by atoms with Crippen LogP contribution in [-0.2, 0) is 4.79 Å². The largest absolute Gasteiger partial charge is 0.340 e. The Morgan fingerprint density at radius 1 is 1.69 bits per heavy atom. The topological polar surface area (TPSA) is 52.9 Å². The molecule has 0 aliphatic rings. The maximum Gasteiger partial charge on any atom is 0.231 e. The molecule has 1 aromatic carbocycles. The fourth-order valence-corrected chi connectivity index (χ4v) is 2.34. The zero-order valence-electron chi connectivity index (χ0n) is 8.74. The zero-order valence-corrected chi connectivity index (χ0v) is 11.1. The third kappa shape index (κ3) is 4.69. The van der Waals surface area contributed by atoms with Gasteiger partial charge in [0.2, 0.25) is 5.91 Å². The molecule has 0 unspecified atom stereocenters. The molecule has 0 bridgehead atoms. The molecule has 1 amide bonds. The average Bonchev–Trinajstić information content (AvgIpc) is 2.26. The number of hydrogen-bond donors (Lipinski definition) is 1. The minimum atomic E-state index is -0.435. The number of halogens is 1. The van der Waals surface area contributed by atoms with E-state index in [1.807, 2.05) is 30.3 Å². The van der Waals surface area contributed by atoms with Crippen LogP contribution in [0.2, 0.25) is 0 Å². The third-order valence-corrected chi connectivity index (χ3v) is 3.22. The van der Waals surface area contributed by atoms with Gasteiger partial charge in [0.15, 0.2) is 0 Å². The van der Waals surface area contributed by atoms with Gasteiger partial charge in [-0.05, 0) is 25.1 Å². The van der Waals surface area contributed by atoms with Gasteiger partial charge in [-0.1, -0.05) is 22.0 Å². The van der Waals surface area contributed by atoms with Crippen LogP contribution >= 0.6 is 27.7 Å². The quantitative estimate of drug-likeness (QED) is 0.869. The smallest absolute Gasteiger partial charge is 0.231 e. The van der Waals surface area contributed by atoms with Gasteiger partial charge >= 0.3 is 0 Å². The van der Waals surface area contributed by atoms with Gasteiger partial charge in [-0.3, -0.25) is 4.79 Å². The van der Waals surface area contributed by atoms with Crippen molar-refractivity contribution >= 4 is 33.6 Å². The van der Waals surface area contributed by atoms with E-state index in [2.05, 4.69) is 21.2 Å². The minimum absolute atomic E-state index is 0.126. The van der Waals surface area contributed by atoms with E-state index in [1.165, 1.54) is 11.8 Å². The fraction of sp³-hybridized carbons (Fsp3) is 0.273. The van der Waals surface area contributed by atoms with E-state index in [0.29, 0.717) is 5.75 Å². The molecule has 0 aliphatic carbocycles. The van der Waals surface area contributed by atoms with Gasteiger partial charge in [0, 0.05) is 9.37 Å². The Kier molecular flexibility index (Phi) is 5.36. The molecule has 1 rings (SSSR count). The predicted molar refractivity (Wildman–Crippen MR) is 68.1 cm³/mol. The lowest BCUT2D eigenvalue weighted by Crippen LogP contribution is -2.32. The van der Waals surface area contributed by atoms with Crippen molar-refractivity contribution in [2.75, 3.05) is 5.75 Å². The molecule has 0 fully saturated rings. The highest BCUT2D eigenvalue weighted by Crippen LogP contribution is 2.21. The first-order valence-electron chi connectivity index (χ1n) is 4.69. The molecule has 1 atom stereocenters. The second kappa shape index (κ2) is 6.56. The van der Waals surface area contributed by atoms with Crippen LogP contribution in [0.15, 0.2) is 33.6 Å². The Bertz CT molecular complexity index is 417. The van der Waals surface area contributed by atoms with Crippen LogP contribution in [0.5, 0.6) is 0 Å². The number of benzene rings is 1. The highest BCUT2D eigenvalue weighted by molar-refractivity contribution is 9.10. The Morgan fingerprint density at radius 3 is 3.06 bits per heavy atom. The summed E-state index contributed by atoms with van der Waals surface area (Å²) in [6.45, 7) is 1.65. The van der Waals surface area contributed by atoms with Gasteiger partial charge in [-0.15, -0.1) is 11.8 Å². The summed E-state index contributed by atoms with van der Waals surface area (Å²) >= 11 is 4.81. The second-order valence-electron chi connectivity index (χ2n) is 3.16. The monoisotopic (exact) mass is 298 g/mol. The molecule has 16 heavy (non-hydrogen) atoms. The molecule has 5 heteroatoms. The number of nitrogens with zero attached hydrogens (tertiary/aromatic N) is 1. The number of carbonyl (C=O) groups excluding carboxylic acids is 1. The number of carbonyl (C=O) groups is 1. The van der Waals surface area contributed by atoms with Crippen molar-refractivity contribution in [3.63, 3.8) is 0 Å². The van der Waals surface area contributed by atoms with Crippen molar-refractivity contribution in [3.8, 4) is 6.07 Å². The van der Waals surface area contributed by atoms with Gasteiger partial charge in [0.05, 0.1) is 11.8 Å². The van der Waals surface area contributed by atoms with Crippen molar-refractivity contribution in [1.29, 1.82) is 5.26 Å². The number of thioether (sulfide) groups is 1. The van der Waals surface area contributed by atoms with E-state index in [-0.39, 0.29) is 5.91 Å². The Morgan fingerprint density at radius 2 is 2.44 bits per heavy atom. The van der Waals surface area contributed by atoms with Crippen LogP contribution in [0.25, 0.3) is 0 Å². The Balaban J connectivity index is 2.41. The normalized spacial score (nSPS) is 11.6. The lowest BCUT2D eigenvalue weighted by molar-refractivity contribution is -0.118. The van der Waals surface area contributed by atoms with Crippen molar-refractivity contribution < 1.29 is 4.79 Å². The molecule has 0 heterocycles. The van der Waals surface area contributed by atoms with E-state index >= 15 is 0 Å². The Hall–Kier alpha value is -0.990. The summed E-state index contributed by atoms with van der Waals surface area (Å²) in [6.07, 6.45) is 0. The summed E-state index contributed by atoms with van der Waals surface area (Å²) in [6, 6.07) is 9.26. The summed E-state index contributed by atoms with van der Waals surface area (Å²) in [4.78, 5) is 12.4. The maximum absolute atomic E-state index is 11.4. The number of nitriles is 1. The van der Waals surface area contributed by atoms with Crippen molar-refractivity contribution in [2.24, 2.45) is 0 Å². The summed E-state index contributed by atoms with van der Waals surface area (Å²) in [5, 5.41) is 11.1. The highest BCUT2D eigenvalue weighted by atomic mass is 79.9. The summed E-state index contributed by atoms with van der Waals surface area (Å²) in [5.74, 6) is 0.196. The molecule has 0 saturated carbocycles. The molecule has 3 nitrogen and oxygen atoms in total. The summed E-state index contributed by atoms with van der Waals surface area (Å²) in [7, 11) is 0. The molecule has 0 saturated heterocycles. The zero-order chi connectivity index (χ0) is 12.0. The maximum atomic E-state index is 11.4. The first-order chi connectivity index (χ1) is 7.61. The number of rotatable bonds is 4. The van der Waals surface area contributed by atoms with Gasteiger partial charge in [0.25, 0.3) is 0 Å². The predicted octanol–water partition coefficient (Wildman–Crippen LogP) is 2.57. The van der Waals surface area contributed by atoms with E-state index in [4.69, 9.17) is 5.26 Å². The SMILES string of the molecule is C[C@@H](C#N)NC(=O)CSc1cccc(Br)c1. The van der Waals surface area contributed by atoms with Gasteiger partial charge in [-0.25, -0.2) is 0 Å². The molecule has 1 aromatic rings. The first kappa shape index (κ1) is 13.1. The molecular weight excluding hydrogens is 288 g/mol. The van der Waals surface area contributed by atoms with Crippen LogP contribution in [-0.4, -0.2) is 17.7 Å². The van der Waals surface area contributed by atoms with E-state index in [9.17, 15) is 4.79 Å². The van der Waals surface area contributed by atoms with Crippen molar-refractivity contribution in [1.82, 2.24) is 5.32 Å². The lowest BCUT2D eigenvalue weighted by Gasteiger charge is -2.06. The van der Waals surface area contributed by atoms with Crippen LogP contribution in [0.1, 0.15) is 6.92 Å². The molecule has 0 aliphatic heterocycles. The van der Waals surface area contributed by atoms with Crippen LogP contribution in [0.4, 0.5) is 0 Å². The number of amides is 1. The summed E-state index contributed by atoms with van der Waals surface area (Å²) in [5.41, 5.74) is 0. The number of nitrogens with one attached hydrogen (secondary N) is 1. The molecular formula is C11H11BrN2OS. The van der Waals surface area contributed by atoms with Crippen molar-refractivity contribution in [2.45, 2.75) is 17.9 Å². The number of hydrogen-bond acceptors (Lipinski definition) is 3. The van der Waals surface area contributed by atoms with Crippen LogP contribution < -0.4 is 5.32 Å². The average molecular weight is 299 g/mol. The highest BCUT2D eigenvalue weighted by Gasteiger charge is 2.06. The molecule has 0 spiro atoms. The van der Waals surface area contributed by atoms with E-state index in [1.54, 1.807) is 6.92 Å². The second-order valence-corrected chi connectivity index (χ2v) is 5.13. The fourth-order valence-electron chi connectivity index (χ4n) is 1.02. The summed E-state index contributed by atoms with van der Waals surface area (Å²) < 4.78 is 0.989. The van der Waals surface area contributed by atoms with Crippen molar-refractivity contribution in [3.05, 3.63) is 28.7 Å². The minimum Gasteiger partial charge on any atom is -0.340 e. The molecule has 0 aromatic heterocycles. The molecule has 84 valence electrons. The van der Waals surface area contributed by atoms with Gasteiger partial charge < -0.3 is 5.32 Å². The third-order valence-electron chi connectivity index (χ3n) is 1.74. The van der Waals surface area contributed by atoms with Gasteiger partial charge in [0.1, 0.15) is 6.04 Å². The van der Waals surface area contributed by atoms with Crippen LogP contribution in [0, 0.1) is 11.3 Å². The molecule has 0 radical (unpaired) electrons. The molecule has 1 N–H and O–H groups in total. The van der Waals surface area contributed by atoms with E-state index in [0.717, 1.165) is 9.37 Å². The van der Waals surface area contributed by atoms with Crippen LogP contribution in [0.3, 0.4) is 0 Å². The van der Waals surface area contributed by atoms with E-state index < -0.39 is 6.04 Å². The van der Waals surface area contributed by atoms with Gasteiger partial charge in [-0.2, -0.15) is 5.26 Å². The first-order valence-corrected chi connectivity index (χ1v) is 6.47. The Labute approximate surface area is 107 Å². The standard InChI is InChI=1S/C11H11BrN2OS/c1-8(6-13)14-11(15)7-16-10-4-2-3-9(12)5-10/h2-5,8H,7H2,1H3,(H,14,15)/t8-/m0/s1.